The molecule has 1 aliphatic carbocycles. The van der Waals surface area contributed by atoms with E-state index in [0.717, 1.165) is 19.1 Å². The molecule has 0 amide bonds. The summed E-state index contributed by atoms with van der Waals surface area (Å²) in [5, 5.41) is 0. The monoisotopic (exact) mass is 230 g/mol. The lowest BCUT2D eigenvalue weighted by Gasteiger charge is -2.20. The Kier molecular flexibility index (Phi) is 4.81. The van der Waals surface area contributed by atoms with Crippen LogP contribution < -0.4 is 0 Å². The SMILES string of the molecule is CC1=CCC(CCOCc2ccccc2)CC1. The van der Waals surface area contributed by atoms with E-state index in [0.29, 0.717) is 0 Å². The summed E-state index contributed by atoms with van der Waals surface area (Å²) in [4.78, 5) is 0. The van der Waals surface area contributed by atoms with Gasteiger partial charge >= 0.3 is 0 Å². The highest BCUT2D eigenvalue weighted by Gasteiger charge is 2.11. The molecule has 1 nitrogen and oxygen atoms in total. The second-order valence-electron chi connectivity index (χ2n) is 5.02. The Morgan fingerprint density at radius 3 is 2.76 bits per heavy atom. The Bertz CT molecular complexity index is 353. The van der Waals surface area contributed by atoms with Crippen LogP contribution in [0.3, 0.4) is 0 Å². The molecule has 1 atom stereocenters. The smallest absolute Gasteiger partial charge is 0.0716 e. The van der Waals surface area contributed by atoms with Crippen LogP contribution in [0.25, 0.3) is 0 Å². The fourth-order valence-corrected chi connectivity index (χ4v) is 2.30. The number of allylic oxidation sites excluding steroid dienone is 2. The lowest BCUT2D eigenvalue weighted by molar-refractivity contribution is 0.106. The van der Waals surface area contributed by atoms with Crippen molar-refractivity contribution in [2.45, 2.75) is 39.2 Å². The van der Waals surface area contributed by atoms with Crippen LogP contribution in [0, 0.1) is 5.92 Å². The Morgan fingerprint density at radius 2 is 2.06 bits per heavy atom. The second-order valence-corrected chi connectivity index (χ2v) is 5.02. The topological polar surface area (TPSA) is 9.23 Å². The van der Waals surface area contributed by atoms with Crippen LogP contribution >= 0.6 is 0 Å². The summed E-state index contributed by atoms with van der Waals surface area (Å²) < 4.78 is 5.73. The molecule has 0 radical (unpaired) electrons. The molecule has 0 saturated carbocycles. The first kappa shape index (κ1) is 12.4. The van der Waals surface area contributed by atoms with E-state index in [4.69, 9.17) is 4.74 Å². The molecule has 0 fully saturated rings. The molecular weight excluding hydrogens is 208 g/mol. The summed E-state index contributed by atoms with van der Waals surface area (Å²) in [7, 11) is 0. The van der Waals surface area contributed by atoms with E-state index in [2.05, 4.69) is 37.3 Å². The predicted octanol–water partition coefficient (Wildman–Crippen LogP) is 4.34. The predicted molar refractivity (Wildman–Crippen MR) is 71.8 cm³/mol. The first-order chi connectivity index (χ1) is 8.34. The van der Waals surface area contributed by atoms with Crippen molar-refractivity contribution in [1.29, 1.82) is 0 Å². The molecule has 0 aromatic heterocycles. The van der Waals surface area contributed by atoms with Crippen LogP contribution in [-0.2, 0) is 11.3 Å². The summed E-state index contributed by atoms with van der Waals surface area (Å²) >= 11 is 0. The van der Waals surface area contributed by atoms with E-state index in [1.807, 2.05) is 6.07 Å². The van der Waals surface area contributed by atoms with Gasteiger partial charge in [-0.3, -0.25) is 0 Å². The highest BCUT2D eigenvalue weighted by atomic mass is 16.5. The van der Waals surface area contributed by atoms with Gasteiger partial charge in [0.25, 0.3) is 0 Å². The van der Waals surface area contributed by atoms with Gasteiger partial charge in [0, 0.05) is 6.61 Å². The molecule has 92 valence electrons. The van der Waals surface area contributed by atoms with Crippen molar-refractivity contribution in [3.63, 3.8) is 0 Å². The van der Waals surface area contributed by atoms with Crippen molar-refractivity contribution in [2.24, 2.45) is 5.92 Å². The number of rotatable bonds is 5. The van der Waals surface area contributed by atoms with Gasteiger partial charge in [0.2, 0.25) is 0 Å². The highest BCUT2D eigenvalue weighted by molar-refractivity contribution is 5.13. The number of benzene rings is 1. The molecule has 0 saturated heterocycles. The maximum Gasteiger partial charge on any atom is 0.0716 e. The Morgan fingerprint density at radius 1 is 1.24 bits per heavy atom. The standard InChI is InChI=1S/C16H22O/c1-14-7-9-15(10-8-14)11-12-17-13-16-5-3-2-4-6-16/h2-7,15H,8-13H2,1H3. The largest absolute Gasteiger partial charge is 0.377 e. The highest BCUT2D eigenvalue weighted by Crippen LogP contribution is 2.25. The second kappa shape index (κ2) is 6.61. The van der Waals surface area contributed by atoms with Crippen LogP contribution in [0.15, 0.2) is 42.0 Å². The molecule has 0 bridgehead atoms. The van der Waals surface area contributed by atoms with Crippen molar-refractivity contribution in [3.8, 4) is 0 Å². The minimum atomic E-state index is 0.752. The quantitative estimate of drug-likeness (QED) is 0.540. The molecule has 0 spiro atoms. The maximum atomic E-state index is 5.73. The van der Waals surface area contributed by atoms with Crippen molar-refractivity contribution < 1.29 is 4.74 Å². The molecule has 1 aliphatic rings. The molecule has 1 aromatic carbocycles. The van der Waals surface area contributed by atoms with E-state index < -0.39 is 0 Å². The molecule has 0 aliphatic heterocycles. The van der Waals surface area contributed by atoms with Gasteiger partial charge in [-0.1, -0.05) is 42.0 Å². The van der Waals surface area contributed by atoms with Crippen LogP contribution in [0.5, 0.6) is 0 Å². The molecule has 1 aromatic rings. The van der Waals surface area contributed by atoms with Crippen molar-refractivity contribution in [3.05, 3.63) is 47.5 Å². The molecule has 1 unspecified atom stereocenters. The summed E-state index contributed by atoms with van der Waals surface area (Å²) in [5.41, 5.74) is 2.83. The van der Waals surface area contributed by atoms with E-state index in [1.54, 1.807) is 5.57 Å². The van der Waals surface area contributed by atoms with E-state index in [-0.39, 0.29) is 0 Å². The van der Waals surface area contributed by atoms with Gasteiger partial charge in [0.15, 0.2) is 0 Å². The lowest BCUT2D eigenvalue weighted by atomic mass is 9.88. The van der Waals surface area contributed by atoms with E-state index in [9.17, 15) is 0 Å². The van der Waals surface area contributed by atoms with E-state index >= 15 is 0 Å². The van der Waals surface area contributed by atoms with Crippen LogP contribution in [0.4, 0.5) is 0 Å². The third-order valence-corrected chi connectivity index (χ3v) is 3.53. The van der Waals surface area contributed by atoms with Gasteiger partial charge in [0.05, 0.1) is 6.61 Å². The molecule has 17 heavy (non-hydrogen) atoms. The summed E-state index contributed by atoms with van der Waals surface area (Å²) in [5.74, 6) is 0.842. The summed E-state index contributed by atoms with van der Waals surface area (Å²) in [6.07, 6.45) is 7.48. The Balaban J connectivity index is 1.61. The maximum absolute atomic E-state index is 5.73. The van der Waals surface area contributed by atoms with Gasteiger partial charge in [-0.15, -0.1) is 0 Å². The molecule has 0 N–H and O–H groups in total. The lowest BCUT2D eigenvalue weighted by Crippen LogP contribution is -2.08. The first-order valence-corrected chi connectivity index (χ1v) is 6.62. The normalized spacial score (nSPS) is 20.1. The van der Waals surface area contributed by atoms with Gasteiger partial charge < -0.3 is 4.74 Å². The van der Waals surface area contributed by atoms with Gasteiger partial charge in [-0.2, -0.15) is 0 Å². The van der Waals surface area contributed by atoms with Crippen molar-refractivity contribution >= 4 is 0 Å². The van der Waals surface area contributed by atoms with Gasteiger partial charge in [-0.05, 0) is 44.1 Å². The van der Waals surface area contributed by atoms with Gasteiger partial charge in [-0.25, -0.2) is 0 Å². The van der Waals surface area contributed by atoms with Crippen LogP contribution in [0.2, 0.25) is 0 Å². The molecule has 0 heterocycles. The molecule has 1 heteroatoms. The Labute approximate surface area is 104 Å². The number of hydrogen-bond acceptors (Lipinski definition) is 1. The molecular formula is C16H22O. The summed E-state index contributed by atoms with van der Waals surface area (Å²) in [6, 6.07) is 10.4. The van der Waals surface area contributed by atoms with Crippen LogP contribution in [-0.4, -0.2) is 6.61 Å². The third kappa shape index (κ3) is 4.35. The van der Waals surface area contributed by atoms with Crippen molar-refractivity contribution in [1.82, 2.24) is 0 Å². The molecule has 2 rings (SSSR count). The fourth-order valence-electron chi connectivity index (χ4n) is 2.30. The van der Waals surface area contributed by atoms with E-state index in [1.165, 1.54) is 31.2 Å². The minimum absolute atomic E-state index is 0.752. The fraction of sp³-hybridized carbons (Fsp3) is 0.500. The van der Waals surface area contributed by atoms with Crippen molar-refractivity contribution in [2.75, 3.05) is 6.61 Å². The Hall–Kier alpha value is -1.08. The zero-order valence-corrected chi connectivity index (χ0v) is 10.7. The van der Waals surface area contributed by atoms with Gasteiger partial charge in [0.1, 0.15) is 0 Å². The summed E-state index contributed by atoms with van der Waals surface area (Å²) in [6.45, 7) is 3.89. The number of hydrogen-bond donors (Lipinski definition) is 0. The zero-order valence-electron chi connectivity index (χ0n) is 10.7. The average molecular weight is 230 g/mol. The van der Waals surface area contributed by atoms with Crippen LogP contribution in [0.1, 0.15) is 38.2 Å². The minimum Gasteiger partial charge on any atom is -0.377 e. The number of ether oxygens (including phenoxy) is 1. The zero-order chi connectivity index (χ0) is 11.9. The first-order valence-electron chi connectivity index (χ1n) is 6.62. The third-order valence-electron chi connectivity index (χ3n) is 3.53. The average Bonchev–Trinajstić information content (AvgIpc) is 2.38.